The second-order valence-corrected chi connectivity index (χ2v) is 6.95. The molecule has 1 aromatic rings. The molecule has 0 amide bonds. The second-order valence-electron chi connectivity index (χ2n) is 5.79. The smallest absolute Gasteiger partial charge is 0.293 e. The molecule has 0 spiro atoms. The van der Waals surface area contributed by atoms with Crippen LogP contribution >= 0.6 is 22.6 Å². The van der Waals surface area contributed by atoms with Gasteiger partial charge in [-0.05, 0) is 47.3 Å². The van der Waals surface area contributed by atoms with Crippen molar-refractivity contribution >= 4 is 34.0 Å². The molecule has 0 bridgehead atoms. The first-order chi connectivity index (χ1) is 8.78. The lowest BCUT2D eigenvalue weighted by Gasteiger charge is -2.18. The van der Waals surface area contributed by atoms with Crippen LogP contribution in [-0.4, -0.2) is 11.0 Å². The van der Waals surface area contributed by atoms with Crippen LogP contribution in [-0.2, 0) is 0 Å². The highest BCUT2D eigenvalue weighted by Crippen LogP contribution is 2.39. The Kier molecular flexibility index (Phi) is 3.98. The topological polar surface area (TPSA) is 55.2 Å². The van der Waals surface area contributed by atoms with E-state index in [-0.39, 0.29) is 26.4 Å². The molecule has 1 fully saturated rings. The Morgan fingerprint density at radius 1 is 1.53 bits per heavy atom. The van der Waals surface area contributed by atoms with Crippen molar-refractivity contribution in [1.82, 2.24) is 0 Å². The van der Waals surface area contributed by atoms with E-state index >= 15 is 0 Å². The molecular formula is C13H16FIN2O2. The Morgan fingerprint density at radius 3 is 2.74 bits per heavy atom. The molecule has 0 aromatic heterocycles. The van der Waals surface area contributed by atoms with E-state index in [1.165, 1.54) is 12.1 Å². The van der Waals surface area contributed by atoms with Crippen molar-refractivity contribution in [2.75, 3.05) is 5.32 Å². The van der Waals surface area contributed by atoms with Crippen LogP contribution in [0.15, 0.2) is 12.1 Å². The minimum Gasteiger partial charge on any atom is -0.377 e. The van der Waals surface area contributed by atoms with E-state index in [4.69, 9.17) is 0 Å². The maximum Gasteiger partial charge on any atom is 0.293 e. The quantitative estimate of drug-likeness (QED) is 0.484. The minimum absolute atomic E-state index is 0.0597. The van der Waals surface area contributed by atoms with Crippen LogP contribution in [0.25, 0.3) is 0 Å². The normalized spacial score (nSPS) is 21.4. The van der Waals surface area contributed by atoms with Gasteiger partial charge in [-0.25, -0.2) is 4.39 Å². The monoisotopic (exact) mass is 378 g/mol. The summed E-state index contributed by atoms with van der Waals surface area (Å²) >= 11 is 1.76. The highest BCUT2D eigenvalue weighted by Gasteiger charge is 2.32. The Hall–Kier alpha value is -0.920. The first-order valence-electron chi connectivity index (χ1n) is 6.18. The summed E-state index contributed by atoms with van der Waals surface area (Å²) in [6.45, 7) is 4.36. The van der Waals surface area contributed by atoms with Crippen molar-refractivity contribution in [2.45, 2.75) is 39.2 Å². The van der Waals surface area contributed by atoms with Crippen LogP contribution in [0.5, 0.6) is 0 Å². The molecule has 6 heteroatoms. The molecule has 4 nitrogen and oxygen atoms in total. The van der Waals surface area contributed by atoms with Gasteiger partial charge in [0.2, 0.25) is 0 Å². The highest BCUT2D eigenvalue weighted by molar-refractivity contribution is 14.1. The number of benzene rings is 1. The van der Waals surface area contributed by atoms with Gasteiger partial charge in [-0.15, -0.1) is 0 Å². The molecule has 19 heavy (non-hydrogen) atoms. The SMILES string of the molecule is CC1(C)CCC(Nc2cc(F)c(I)cc2[N+](=O)[O-])C1. The van der Waals surface area contributed by atoms with Gasteiger partial charge in [0.1, 0.15) is 11.5 Å². The van der Waals surface area contributed by atoms with Crippen LogP contribution < -0.4 is 5.32 Å². The second kappa shape index (κ2) is 5.22. The minimum atomic E-state index is -0.468. The summed E-state index contributed by atoms with van der Waals surface area (Å²) in [5, 5.41) is 14.2. The first kappa shape index (κ1) is 14.5. The average molecular weight is 378 g/mol. The number of anilines is 1. The van der Waals surface area contributed by atoms with Crippen LogP contribution in [0.4, 0.5) is 15.8 Å². The molecule has 0 heterocycles. The molecule has 1 aliphatic carbocycles. The summed E-state index contributed by atoms with van der Waals surface area (Å²) in [6, 6.07) is 2.68. The molecule has 104 valence electrons. The Labute approximate surface area is 125 Å². The zero-order valence-electron chi connectivity index (χ0n) is 10.9. The molecule has 1 N–H and O–H groups in total. The van der Waals surface area contributed by atoms with Crippen molar-refractivity contribution in [3.63, 3.8) is 0 Å². The predicted octanol–water partition coefficient (Wildman–Crippen LogP) is 4.33. The molecule has 0 saturated heterocycles. The molecule has 2 rings (SSSR count). The van der Waals surface area contributed by atoms with E-state index < -0.39 is 10.7 Å². The number of rotatable bonds is 3. The van der Waals surface area contributed by atoms with Crippen molar-refractivity contribution in [3.8, 4) is 0 Å². The summed E-state index contributed by atoms with van der Waals surface area (Å²) in [6.07, 6.45) is 2.97. The number of nitro benzene ring substituents is 1. The number of nitrogens with zero attached hydrogens (tertiary/aromatic N) is 1. The molecule has 1 atom stereocenters. The largest absolute Gasteiger partial charge is 0.377 e. The van der Waals surface area contributed by atoms with Crippen molar-refractivity contribution in [3.05, 3.63) is 31.6 Å². The Bertz CT molecular complexity index is 520. The number of nitrogens with one attached hydrogen (secondary N) is 1. The van der Waals surface area contributed by atoms with Gasteiger partial charge in [0.15, 0.2) is 0 Å². The summed E-state index contributed by atoms with van der Waals surface area (Å²) in [7, 11) is 0. The van der Waals surface area contributed by atoms with Crippen LogP contribution in [0.2, 0.25) is 0 Å². The third-order valence-corrected chi connectivity index (χ3v) is 4.39. The van der Waals surface area contributed by atoms with Gasteiger partial charge in [-0.1, -0.05) is 13.8 Å². The maximum atomic E-state index is 13.6. The van der Waals surface area contributed by atoms with Gasteiger partial charge >= 0.3 is 0 Å². The van der Waals surface area contributed by atoms with Gasteiger partial charge in [0, 0.05) is 18.2 Å². The van der Waals surface area contributed by atoms with E-state index in [9.17, 15) is 14.5 Å². The molecule has 1 unspecified atom stereocenters. The summed E-state index contributed by atoms with van der Waals surface area (Å²) in [5.74, 6) is -0.425. The molecular weight excluding hydrogens is 362 g/mol. The number of halogens is 2. The fourth-order valence-corrected chi connectivity index (χ4v) is 3.03. The number of hydrogen-bond donors (Lipinski definition) is 1. The van der Waals surface area contributed by atoms with Crippen molar-refractivity contribution in [1.29, 1.82) is 0 Å². The van der Waals surface area contributed by atoms with Gasteiger partial charge in [-0.3, -0.25) is 10.1 Å². The van der Waals surface area contributed by atoms with Crippen LogP contribution in [0, 0.1) is 24.9 Å². The van der Waals surface area contributed by atoms with Crippen molar-refractivity contribution < 1.29 is 9.31 Å². The fourth-order valence-electron chi connectivity index (χ4n) is 2.58. The fraction of sp³-hybridized carbons (Fsp3) is 0.538. The molecule has 1 aromatic carbocycles. The van der Waals surface area contributed by atoms with Crippen molar-refractivity contribution in [2.24, 2.45) is 5.41 Å². The average Bonchev–Trinajstić information content (AvgIpc) is 2.62. The summed E-state index contributed by atoms with van der Waals surface area (Å²) in [4.78, 5) is 10.6. The zero-order valence-corrected chi connectivity index (χ0v) is 13.0. The van der Waals surface area contributed by atoms with E-state index in [0.29, 0.717) is 0 Å². The Balaban J connectivity index is 2.25. The zero-order chi connectivity index (χ0) is 14.2. The van der Waals surface area contributed by atoms with Gasteiger partial charge < -0.3 is 5.32 Å². The summed E-state index contributed by atoms with van der Waals surface area (Å²) < 4.78 is 13.8. The number of nitro groups is 1. The maximum absolute atomic E-state index is 13.6. The molecule has 1 saturated carbocycles. The lowest BCUT2D eigenvalue weighted by Crippen LogP contribution is -2.18. The van der Waals surface area contributed by atoms with Gasteiger partial charge in [-0.2, -0.15) is 0 Å². The Morgan fingerprint density at radius 2 is 2.21 bits per heavy atom. The van der Waals surface area contributed by atoms with Gasteiger partial charge in [0.05, 0.1) is 8.49 Å². The third kappa shape index (κ3) is 3.34. The standard InChI is InChI=1S/C13H16FIN2O2/c1-13(2)4-3-8(7-13)16-11-5-9(14)10(15)6-12(11)17(18)19/h5-6,8,16H,3-4,7H2,1-2H3. The van der Waals surface area contributed by atoms with E-state index in [2.05, 4.69) is 19.2 Å². The van der Waals surface area contributed by atoms with E-state index in [1.54, 1.807) is 22.6 Å². The molecule has 1 aliphatic rings. The first-order valence-corrected chi connectivity index (χ1v) is 7.26. The van der Waals surface area contributed by atoms with E-state index in [0.717, 1.165) is 19.3 Å². The lowest BCUT2D eigenvalue weighted by molar-refractivity contribution is -0.384. The van der Waals surface area contributed by atoms with Crippen LogP contribution in [0.3, 0.4) is 0 Å². The van der Waals surface area contributed by atoms with E-state index in [1.807, 2.05) is 0 Å². The number of hydrogen-bond acceptors (Lipinski definition) is 3. The molecule has 0 aliphatic heterocycles. The summed E-state index contributed by atoms with van der Waals surface area (Å²) in [5.41, 5.74) is 0.468. The highest BCUT2D eigenvalue weighted by atomic mass is 127. The molecule has 0 radical (unpaired) electrons. The predicted molar refractivity (Wildman–Crippen MR) is 80.8 cm³/mol. The lowest BCUT2D eigenvalue weighted by atomic mass is 9.92. The third-order valence-electron chi connectivity index (χ3n) is 3.56. The van der Waals surface area contributed by atoms with Gasteiger partial charge in [0.25, 0.3) is 5.69 Å². The van der Waals surface area contributed by atoms with Crippen LogP contribution in [0.1, 0.15) is 33.1 Å².